The Labute approximate surface area is 216 Å². The SMILES string of the molecule is C=C=C/C(=C\N=C(C)OC)C1=CC(Nc2cc3ccn(CCO)c(=O)c3c(NC(C)(C)C)n2)=NC=C=C1. The van der Waals surface area contributed by atoms with E-state index in [9.17, 15) is 9.90 Å². The average molecular weight is 501 g/mol. The summed E-state index contributed by atoms with van der Waals surface area (Å²) in [5.41, 5.74) is 6.73. The van der Waals surface area contributed by atoms with Crippen LogP contribution in [0.3, 0.4) is 0 Å². The quantitative estimate of drug-likeness (QED) is 0.226. The van der Waals surface area contributed by atoms with Crippen molar-refractivity contribution in [3.05, 3.63) is 88.5 Å². The maximum atomic E-state index is 13.1. The number of hydrogen-bond acceptors (Lipinski definition) is 8. The van der Waals surface area contributed by atoms with Crippen LogP contribution in [0.5, 0.6) is 0 Å². The molecule has 0 saturated heterocycles. The van der Waals surface area contributed by atoms with E-state index in [1.807, 2.05) is 32.9 Å². The molecule has 0 fully saturated rings. The number of hydrogen-bond donors (Lipinski definition) is 3. The number of allylic oxidation sites excluding steroid dienone is 4. The molecule has 9 nitrogen and oxygen atoms in total. The van der Waals surface area contributed by atoms with Crippen LogP contribution in [0.1, 0.15) is 27.7 Å². The summed E-state index contributed by atoms with van der Waals surface area (Å²) < 4.78 is 6.59. The van der Waals surface area contributed by atoms with Crippen LogP contribution in [-0.4, -0.2) is 45.6 Å². The van der Waals surface area contributed by atoms with Crippen LogP contribution in [0.4, 0.5) is 11.6 Å². The topological polar surface area (TPSA) is 113 Å². The average Bonchev–Trinajstić information content (AvgIpc) is 3.07. The molecule has 3 rings (SSSR count). The van der Waals surface area contributed by atoms with Gasteiger partial charge in [0.25, 0.3) is 5.56 Å². The van der Waals surface area contributed by atoms with E-state index in [1.165, 1.54) is 4.57 Å². The fourth-order valence-corrected chi connectivity index (χ4v) is 3.44. The summed E-state index contributed by atoms with van der Waals surface area (Å²) in [7, 11) is 1.55. The molecule has 0 saturated carbocycles. The standard InChI is InChI=1S/C28H32N6O3/c1-7-9-22(18-30-19(2)37-6)20-10-8-12-29-23(16-20)31-24-17-21-11-13-34(14-15-35)27(36)25(21)26(32-24)33-28(3,4)5/h9-13,16-18,35H,1,14-15H2,2-6H3,(H2,29,31,32,33)/b22-18+,30-19?. The number of fused-ring (bicyclic) bond motifs is 1. The Morgan fingerprint density at radius 1 is 1.41 bits per heavy atom. The Morgan fingerprint density at radius 2 is 2.19 bits per heavy atom. The molecule has 9 heteroatoms. The molecule has 2 aromatic heterocycles. The molecule has 0 aromatic carbocycles. The maximum absolute atomic E-state index is 13.1. The largest absolute Gasteiger partial charge is 0.484 e. The number of methoxy groups -OCH3 is 1. The Bertz CT molecular complexity index is 1470. The molecule has 3 N–H and O–H groups in total. The Hall–Kier alpha value is -4.42. The highest BCUT2D eigenvalue weighted by Gasteiger charge is 2.18. The Balaban J connectivity index is 2.08. The molecular formula is C28H32N6O3. The van der Waals surface area contributed by atoms with Crippen molar-refractivity contribution >= 4 is 34.1 Å². The van der Waals surface area contributed by atoms with Crippen molar-refractivity contribution in [1.29, 1.82) is 0 Å². The number of aliphatic hydroxyl groups is 1. The van der Waals surface area contributed by atoms with E-state index >= 15 is 0 Å². The highest BCUT2D eigenvalue weighted by Crippen LogP contribution is 2.25. The van der Waals surface area contributed by atoms with E-state index in [-0.39, 0.29) is 24.2 Å². The van der Waals surface area contributed by atoms with Gasteiger partial charge < -0.3 is 25.0 Å². The van der Waals surface area contributed by atoms with Crippen LogP contribution in [0.25, 0.3) is 10.8 Å². The van der Waals surface area contributed by atoms with Crippen molar-refractivity contribution < 1.29 is 9.84 Å². The number of ether oxygens (including phenoxy) is 1. The molecule has 2 aromatic rings. The minimum Gasteiger partial charge on any atom is -0.484 e. The second-order valence-corrected chi connectivity index (χ2v) is 9.20. The first kappa shape index (κ1) is 27.2. The van der Waals surface area contributed by atoms with Gasteiger partial charge in [0.15, 0.2) is 5.90 Å². The molecule has 0 spiro atoms. The molecule has 0 amide bonds. The lowest BCUT2D eigenvalue weighted by Crippen LogP contribution is -2.29. The lowest BCUT2D eigenvalue weighted by molar-refractivity contribution is 0.274. The minimum absolute atomic E-state index is 0.135. The molecule has 0 atom stereocenters. The van der Waals surface area contributed by atoms with Gasteiger partial charge in [-0.3, -0.25) is 4.79 Å². The minimum atomic E-state index is -0.347. The third-order valence-electron chi connectivity index (χ3n) is 5.13. The van der Waals surface area contributed by atoms with E-state index in [4.69, 9.17) is 9.72 Å². The first-order valence-electron chi connectivity index (χ1n) is 11.7. The Morgan fingerprint density at radius 3 is 2.86 bits per heavy atom. The van der Waals surface area contributed by atoms with Crippen molar-refractivity contribution in [3.8, 4) is 0 Å². The number of aliphatic hydroxyl groups excluding tert-OH is 1. The second kappa shape index (κ2) is 12.0. The van der Waals surface area contributed by atoms with Crippen LogP contribution >= 0.6 is 0 Å². The lowest BCUT2D eigenvalue weighted by atomic mass is 10.1. The molecule has 1 aliphatic heterocycles. The number of rotatable bonds is 7. The van der Waals surface area contributed by atoms with Gasteiger partial charge in [0.05, 0.1) is 25.3 Å². The summed E-state index contributed by atoms with van der Waals surface area (Å²) in [6.45, 7) is 11.5. The Kier molecular flexibility index (Phi) is 8.82. The van der Waals surface area contributed by atoms with Crippen molar-refractivity contribution in [2.45, 2.75) is 39.8 Å². The number of nitrogens with one attached hydrogen (secondary N) is 2. The summed E-state index contributed by atoms with van der Waals surface area (Å²) in [6.07, 6.45) is 10.2. The number of aliphatic imine (C=N–C) groups is 2. The summed E-state index contributed by atoms with van der Waals surface area (Å²) in [6, 6.07) is 3.62. The van der Waals surface area contributed by atoms with Gasteiger partial charge in [-0.15, -0.1) is 11.5 Å². The highest BCUT2D eigenvalue weighted by atomic mass is 16.5. The fourth-order valence-electron chi connectivity index (χ4n) is 3.44. The normalized spacial score (nSPS) is 14.0. The van der Waals surface area contributed by atoms with Crippen LogP contribution in [0, 0.1) is 0 Å². The summed E-state index contributed by atoms with van der Waals surface area (Å²) >= 11 is 0. The number of anilines is 2. The number of nitrogens with zero attached hydrogens (tertiary/aromatic N) is 4. The number of pyridine rings is 2. The van der Waals surface area contributed by atoms with Gasteiger partial charge in [0.2, 0.25) is 0 Å². The van der Waals surface area contributed by atoms with Crippen LogP contribution in [-0.2, 0) is 11.3 Å². The van der Waals surface area contributed by atoms with Gasteiger partial charge in [0.1, 0.15) is 17.5 Å². The van der Waals surface area contributed by atoms with E-state index < -0.39 is 0 Å². The van der Waals surface area contributed by atoms with Gasteiger partial charge >= 0.3 is 0 Å². The predicted octanol–water partition coefficient (Wildman–Crippen LogP) is 4.31. The fraction of sp³-hybridized carbons (Fsp3) is 0.286. The van der Waals surface area contributed by atoms with Crippen LogP contribution in [0.15, 0.2) is 92.9 Å². The zero-order valence-electron chi connectivity index (χ0n) is 21.8. The number of aromatic nitrogens is 2. The molecule has 0 radical (unpaired) electrons. The van der Waals surface area contributed by atoms with Gasteiger partial charge in [-0.25, -0.2) is 15.0 Å². The van der Waals surface area contributed by atoms with E-state index in [0.29, 0.717) is 34.1 Å². The highest BCUT2D eigenvalue weighted by molar-refractivity contribution is 6.06. The predicted molar refractivity (Wildman–Crippen MR) is 150 cm³/mol. The van der Waals surface area contributed by atoms with Gasteiger partial charge in [0, 0.05) is 37.0 Å². The summed E-state index contributed by atoms with van der Waals surface area (Å²) in [5.74, 6) is 1.96. The smallest absolute Gasteiger partial charge is 0.262 e. The third kappa shape index (κ3) is 7.29. The molecule has 3 heterocycles. The lowest BCUT2D eigenvalue weighted by Gasteiger charge is -2.23. The molecule has 192 valence electrons. The first-order valence-corrected chi connectivity index (χ1v) is 11.7. The maximum Gasteiger partial charge on any atom is 0.262 e. The zero-order chi connectivity index (χ0) is 27.0. The van der Waals surface area contributed by atoms with E-state index in [1.54, 1.807) is 50.8 Å². The molecule has 0 unspecified atom stereocenters. The molecule has 0 aliphatic carbocycles. The third-order valence-corrected chi connectivity index (χ3v) is 5.13. The summed E-state index contributed by atoms with van der Waals surface area (Å²) in [5, 5.41) is 17.1. The molecule has 37 heavy (non-hydrogen) atoms. The molecular weight excluding hydrogens is 468 g/mol. The van der Waals surface area contributed by atoms with Crippen LogP contribution in [0.2, 0.25) is 0 Å². The summed E-state index contributed by atoms with van der Waals surface area (Å²) in [4.78, 5) is 26.6. The van der Waals surface area contributed by atoms with E-state index in [2.05, 4.69) is 38.7 Å². The van der Waals surface area contributed by atoms with Crippen LogP contribution < -0.4 is 16.2 Å². The molecule has 0 bridgehead atoms. The van der Waals surface area contributed by atoms with Crippen molar-refractivity contribution in [1.82, 2.24) is 9.55 Å². The van der Waals surface area contributed by atoms with Gasteiger partial charge in [-0.1, -0.05) is 6.58 Å². The van der Waals surface area contributed by atoms with E-state index in [0.717, 1.165) is 11.1 Å². The molecule has 1 aliphatic rings. The van der Waals surface area contributed by atoms with Gasteiger partial charge in [-0.2, -0.15) is 0 Å². The van der Waals surface area contributed by atoms with Crippen molar-refractivity contribution in [3.63, 3.8) is 0 Å². The van der Waals surface area contributed by atoms with Crippen molar-refractivity contribution in [2.24, 2.45) is 9.98 Å². The monoisotopic (exact) mass is 500 g/mol. The first-order chi connectivity index (χ1) is 17.6. The number of amidine groups is 1. The van der Waals surface area contributed by atoms with Crippen molar-refractivity contribution in [2.75, 3.05) is 24.4 Å². The second-order valence-electron chi connectivity index (χ2n) is 9.20. The zero-order valence-corrected chi connectivity index (χ0v) is 21.8. The van der Waals surface area contributed by atoms with Gasteiger partial charge in [-0.05, 0) is 62.1 Å².